The predicted octanol–water partition coefficient (Wildman–Crippen LogP) is 5.47. The summed E-state index contributed by atoms with van der Waals surface area (Å²) in [7, 11) is 0. The first-order valence-corrected chi connectivity index (χ1v) is 9.54. The van der Waals surface area contributed by atoms with Crippen LogP contribution in [0, 0.1) is 10.5 Å². The van der Waals surface area contributed by atoms with E-state index in [0.717, 1.165) is 21.4 Å². The first-order chi connectivity index (χ1) is 12.6. The molecule has 0 radical (unpaired) electrons. The number of ether oxygens (including phenoxy) is 1. The van der Waals surface area contributed by atoms with Gasteiger partial charge >= 0.3 is 0 Å². The van der Waals surface area contributed by atoms with Crippen LogP contribution in [0.3, 0.4) is 0 Å². The lowest BCUT2D eigenvalue weighted by Crippen LogP contribution is -2.12. The molecule has 0 aliphatic rings. The standard InChI is InChI=1S/C22H20INO2/c1-16-7-8-18(15-21(16)23)22(25)24-19-9-11-20(12-10-19)26-14-13-17-5-3-2-4-6-17/h2-12,15H,13-14H2,1H3,(H,24,25). The maximum atomic E-state index is 12.3. The number of aryl methyl sites for hydroxylation is 1. The summed E-state index contributed by atoms with van der Waals surface area (Å²) < 4.78 is 6.85. The van der Waals surface area contributed by atoms with Crippen molar-refractivity contribution in [1.29, 1.82) is 0 Å². The van der Waals surface area contributed by atoms with E-state index in [9.17, 15) is 4.79 Å². The van der Waals surface area contributed by atoms with Crippen LogP contribution in [0.25, 0.3) is 0 Å². The monoisotopic (exact) mass is 457 g/mol. The number of carbonyl (C=O) groups is 1. The van der Waals surface area contributed by atoms with Crippen LogP contribution in [-0.4, -0.2) is 12.5 Å². The van der Waals surface area contributed by atoms with Gasteiger partial charge in [-0.15, -0.1) is 0 Å². The Hall–Kier alpha value is -2.34. The number of nitrogens with one attached hydrogen (secondary N) is 1. The topological polar surface area (TPSA) is 38.3 Å². The van der Waals surface area contributed by atoms with E-state index in [2.05, 4.69) is 40.0 Å². The van der Waals surface area contributed by atoms with E-state index in [0.29, 0.717) is 12.2 Å². The zero-order valence-electron chi connectivity index (χ0n) is 14.5. The molecule has 3 aromatic rings. The van der Waals surface area contributed by atoms with Gasteiger partial charge in [0.2, 0.25) is 0 Å². The molecule has 1 N–H and O–H groups in total. The number of hydrogen-bond acceptors (Lipinski definition) is 2. The molecular formula is C22H20INO2. The zero-order chi connectivity index (χ0) is 18.4. The molecule has 3 rings (SSSR count). The normalized spacial score (nSPS) is 10.4. The number of amides is 1. The average molecular weight is 457 g/mol. The number of hydrogen-bond donors (Lipinski definition) is 1. The largest absolute Gasteiger partial charge is 0.493 e. The second kappa shape index (κ2) is 8.85. The summed E-state index contributed by atoms with van der Waals surface area (Å²) in [6.07, 6.45) is 0.866. The molecule has 0 fully saturated rings. The second-order valence-corrected chi connectivity index (χ2v) is 7.19. The Balaban J connectivity index is 1.53. The van der Waals surface area contributed by atoms with Gasteiger partial charge in [-0.05, 0) is 77.0 Å². The van der Waals surface area contributed by atoms with E-state index in [1.165, 1.54) is 11.1 Å². The molecule has 0 saturated heterocycles. The van der Waals surface area contributed by atoms with Gasteiger partial charge in [-0.2, -0.15) is 0 Å². The molecule has 0 aliphatic carbocycles. The molecule has 3 nitrogen and oxygen atoms in total. The first kappa shape index (κ1) is 18.5. The first-order valence-electron chi connectivity index (χ1n) is 8.46. The third-order valence-electron chi connectivity index (χ3n) is 4.05. The molecule has 0 spiro atoms. The quantitative estimate of drug-likeness (QED) is 0.499. The SMILES string of the molecule is Cc1ccc(C(=O)Nc2ccc(OCCc3ccccc3)cc2)cc1I. The van der Waals surface area contributed by atoms with Crippen LogP contribution in [0.4, 0.5) is 5.69 Å². The molecule has 0 aromatic heterocycles. The number of benzene rings is 3. The van der Waals surface area contributed by atoms with Gasteiger partial charge in [0.15, 0.2) is 0 Å². The highest BCUT2D eigenvalue weighted by Crippen LogP contribution is 2.18. The van der Waals surface area contributed by atoms with E-state index in [-0.39, 0.29) is 5.91 Å². The van der Waals surface area contributed by atoms with Crippen LogP contribution in [0.2, 0.25) is 0 Å². The summed E-state index contributed by atoms with van der Waals surface area (Å²) in [5.41, 5.74) is 3.83. The summed E-state index contributed by atoms with van der Waals surface area (Å²) in [5, 5.41) is 2.92. The van der Waals surface area contributed by atoms with E-state index in [1.54, 1.807) is 0 Å². The molecular weight excluding hydrogens is 437 g/mol. The van der Waals surface area contributed by atoms with Crippen molar-refractivity contribution < 1.29 is 9.53 Å². The average Bonchev–Trinajstić information content (AvgIpc) is 2.66. The highest BCUT2D eigenvalue weighted by molar-refractivity contribution is 14.1. The minimum atomic E-state index is -0.110. The Morgan fingerprint density at radius 1 is 1.00 bits per heavy atom. The van der Waals surface area contributed by atoms with E-state index in [1.807, 2.05) is 67.6 Å². The van der Waals surface area contributed by atoms with Crippen LogP contribution in [-0.2, 0) is 6.42 Å². The maximum absolute atomic E-state index is 12.3. The van der Waals surface area contributed by atoms with Crippen molar-refractivity contribution in [3.63, 3.8) is 0 Å². The molecule has 1 amide bonds. The van der Waals surface area contributed by atoms with Crippen molar-refractivity contribution in [2.45, 2.75) is 13.3 Å². The minimum Gasteiger partial charge on any atom is -0.493 e. The van der Waals surface area contributed by atoms with E-state index < -0.39 is 0 Å². The van der Waals surface area contributed by atoms with Crippen LogP contribution in [0.15, 0.2) is 72.8 Å². The van der Waals surface area contributed by atoms with Gasteiger partial charge in [0.25, 0.3) is 5.91 Å². The second-order valence-electron chi connectivity index (χ2n) is 6.03. The minimum absolute atomic E-state index is 0.110. The summed E-state index contributed by atoms with van der Waals surface area (Å²) >= 11 is 2.24. The molecule has 132 valence electrons. The summed E-state index contributed by atoms with van der Waals surface area (Å²) in [6, 6.07) is 23.4. The third kappa shape index (κ3) is 5.08. The number of anilines is 1. The molecule has 0 unspecified atom stereocenters. The highest BCUT2D eigenvalue weighted by Gasteiger charge is 2.08. The van der Waals surface area contributed by atoms with Crippen LogP contribution < -0.4 is 10.1 Å². The third-order valence-corrected chi connectivity index (χ3v) is 5.21. The van der Waals surface area contributed by atoms with E-state index in [4.69, 9.17) is 4.74 Å². The van der Waals surface area contributed by atoms with Crippen LogP contribution in [0.5, 0.6) is 5.75 Å². The van der Waals surface area contributed by atoms with Gasteiger partial charge in [0.05, 0.1) is 6.61 Å². The number of carbonyl (C=O) groups excluding carboxylic acids is 1. The van der Waals surface area contributed by atoms with Gasteiger partial charge in [0, 0.05) is 21.2 Å². The highest BCUT2D eigenvalue weighted by atomic mass is 127. The maximum Gasteiger partial charge on any atom is 0.255 e. The van der Waals surface area contributed by atoms with Crippen molar-refractivity contribution >= 4 is 34.2 Å². The molecule has 0 saturated carbocycles. The van der Waals surface area contributed by atoms with Crippen molar-refractivity contribution in [1.82, 2.24) is 0 Å². The number of halogens is 1. The van der Waals surface area contributed by atoms with Crippen molar-refractivity contribution in [3.05, 3.63) is 93.1 Å². The Morgan fingerprint density at radius 2 is 1.73 bits per heavy atom. The smallest absolute Gasteiger partial charge is 0.255 e. The fraction of sp³-hybridized carbons (Fsp3) is 0.136. The van der Waals surface area contributed by atoms with Crippen LogP contribution in [0.1, 0.15) is 21.5 Å². The number of rotatable bonds is 6. The van der Waals surface area contributed by atoms with Gasteiger partial charge in [-0.1, -0.05) is 36.4 Å². The summed E-state index contributed by atoms with van der Waals surface area (Å²) in [5.74, 6) is 0.685. The lowest BCUT2D eigenvalue weighted by Gasteiger charge is -2.09. The van der Waals surface area contributed by atoms with Gasteiger partial charge < -0.3 is 10.1 Å². The Labute approximate surface area is 167 Å². The van der Waals surface area contributed by atoms with Crippen molar-refractivity contribution in [2.75, 3.05) is 11.9 Å². The lowest BCUT2D eigenvalue weighted by molar-refractivity contribution is 0.102. The molecule has 0 bridgehead atoms. The Kier molecular flexibility index (Phi) is 6.28. The molecule has 0 heterocycles. The summed E-state index contributed by atoms with van der Waals surface area (Å²) in [4.78, 5) is 12.3. The molecule has 0 aliphatic heterocycles. The zero-order valence-corrected chi connectivity index (χ0v) is 16.7. The molecule has 3 aromatic carbocycles. The van der Waals surface area contributed by atoms with Crippen LogP contribution >= 0.6 is 22.6 Å². The lowest BCUT2D eigenvalue weighted by atomic mass is 10.1. The predicted molar refractivity (Wildman–Crippen MR) is 114 cm³/mol. The van der Waals surface area contributed by atoms with Gasteiger partial charge in [-0.25, -0.2) is 0 Å². The summed E-state index contributed by atoms with van der Waals surface area (Å²) in [6.45, 7) is 2.65. The van der Waals surface area contributed by atoms with Crippen molar-refractivity contribution in [3.8, 4) is 5.75 Å². The van der Waals surface area contributed by atoms with Crippen molar-refractivity contribution in [2.24, 2.45) is 0 Å². The van der Waals surface area contributed by atoms with E-state index >= 15 is 0 Å². The Bertz CT molecular complexity index is 876. The molecule has 0 atom stereocenters. The molecule has 4 heteroatoms. The van der Waals surface area contributed by atoms with Gasteiger partial charge in [0.1, 0.15) is 5.75 Å². The Morgan fingerprint density at radius 3 is 2.42 bits per heavy atom. The fourth-order valence-corrected chi connectivity index (χ4v) is 3.02. The fourth-order valence-electron chi connectivity index (χ4n) is 2.50. The van der Waals surface area contributed by atoms with Gasteiger partial charge in [-0.3, -0.25) is 4.79 Å². The molecule has 26 heavy (non-hydrogen) atoms.